The van der Waals surface area contributed by atoms with E-state index in [1.807, 2.05) is 0 Å². The van der Waals surface area contributed by atoms with E-state index in [1.165, 1.54) is 12.1 Å². The Bertz CT molecular complexity index is 494. The summed E-state index contributed by atoms with van der Waals surface area (Å²) in [5.41, 5.74) is 5.31. The van der Waals surface area contributed by atoms with Crippen LogP contribution in [0.2, 0.25) is 0 Å². The highest BCUT2D eigenvalue weighted by molar-refractivity contribution is 5.76. The number of rotatable bonds is 3. The van der Waals surface area contributed by atoms with E-state index < -0.39 is 17.8 Å². The third-order valence-electron chi connectivity index (χ3n) is 2.34. The van der Waals surface area contributed by atoms with Gasteiger partial charge in [-0.05, 0) is 6.07 Å². The van der Waals surface area contributed by atoms with E-state index in [0.29, 0.717) is 5.69 Å². The lowest BCUT2D eigenvalue weighted by Crippen LogP contribution is -2.23. The van der Waals surface area contributed by atoms with Crippen molar-refractivity contribution in [3.05, 3.63) is 29.1 Å². The molecule has 0 saturated heterocycles. The van der Waals surface area contributed by atoms with Gasteiger partial charge in [-0.2, -0.15) is 5.26 Å². The minimum Gasteiger partial charge on any atom is -0.480 e. The monoisotopic (exact) mass is 237 g/mol. The van der Waals surface area contributed by atoms with Gasteiger partial charge < -0.3 is 15.7 Å². The lowest BCUT2D eigenvalue weighted by atomic mass is 10.0. The van der Waals surface area contributed by atoms with Crippen molar-refractivity contribution in [3.8, 4) is 6.07 Å². The number of carboxylic acids is 1. The predicted octanol–water partition coefficient (Wildman–Crippen LogP) is 0.848. The molecule has 3 N–H and O–H groups in total. The molecule has 6 heteroatoms. The number of aliphatic carboxylic acids is 1. The smallest absolute Gasteiger partial charge is 0.325 e. The molecule has 1 rings (SSSR count). The number of nitrogens with two attached hydrogens (primary N) is 1. The van der Waals surface area contributed by atoms with Crippen LogP contribution in [-0.4, -0.2) is 25.2 Å². The summed E-state index contributed by atoms with van der Waals surface area (Å²) in [6.45, 7) is 0. The van der Waals surface area contributed by atoms with Crippen molar-refractivity contribution in [2.45, 2.75) is 6.04 Å². The summed E-state index contributed by atoms with van der Waals surface area (Å²) in [6, 6.07) is 2.99. The van der Waals surface area contributed by atoms with Gasteiger partial charge in [0.05, 0.1) is 5.69 Å². The summed E-state index contributed by atoms with van der Waals surface area (Å²) >= 11 is 0. The number of carbonyl (C=O) groups is 1. The zero-order valence-corrected chi connectivity index (χ0v) is 9.44. The molecule has 0 fully saturated rings. The van der Waals surface area contributed by atoms with Crippen molar-refractivity contribution in [3.63, 3.8) is 0 Å². The highest BCUT2D eigenvalue weighted by atomic mass is 19.1. The molecule has 1 atom stereocenters. The zero-order chi connectivity index (χ0) is 13.2. The van der Waals surface area contributed by atoms with E-state index in [9.17, 15) is 9.18 Å². The number of carboxylic acid groups (broad SMARTS) is 1. The fraction of sp³-hybridized carbons (Fsp3) is 0.273. The van der Waals surface area contributed by atoms with Crippen molar-refractivity contribution < 1.29 is 14.3 Å². The Kier molecular flexibility index (Phi) is 3.66. The van der Waals surface area contributed by atoms with Crippen LogP contribution >= 0.6 is 0 Å². The van der Waals surface area contributed by atoms with Crippen LogP contribution in [0, 0.1) is 17.1 Å². The topological polar surface area (TPSA) is 90.3 Å². The van der Waals surface area contributed by atoms with E-state index in [0.717, 1.165) is 0 Å². The third-order valence-corrected chi connectivity index (χ3v) is 2.34. The second-order valence-corrected chi connectivity index (χ2v) is 3.69. The van der Waals surface area contributed by atoms with Gasteiger partial charge in [-0.15, -0.1) is 0 Å². The van der Waals surface area contributed by atoms with Gasteiger partial charge >= 0.3 is 5.97 Å². The number of benzene rings is 1. The number of nitrogens with zero attached hydrogens (tertiary/aromatic N) is 2. The molecule has 0 unspecified atom stereocenters. The van der Waals surface area contributed by atoms with Gasteiger partial charge in [-0.1, -0.05) is 6.07 Å². The molecule has 0 aliphatic heterocycles. The van der Waals surface area contributed by atoms with E-state index in [-0.39, 0.29) is 11.1 Å². The summed E-state index contributed by atoms with van der Waals surface area (Å²) in [4.78, 5) is 12.3. The molecule has 0 aliphatic carbocycles. The standard InChI is InChI=1S/C11H12FN3O2/c1-15(2)8-4-3-6(10(14)11(16)17)9(12)7(8)5-13/h3-4,10H,14H2,1-2H3,(H,16,17)/t10-/m0/s1. The molecule has 0 aliphatic rings. The van der Waals surface area contributed by atoms with Crippen LogP contribution in [0.25, 0.3) is 0 Å². The fourth-order valence-electron chi connectivity index (χ4n) is 1.43. The number of halogens is 1. The highest BCUT2D eigenvalue weighted by Crippen LogP contribution is 2.26. The Hall–Kier alpha value is -2.13. The van der Waals surface area contributed by atoms with E-state index >= 15 is 0 Å². The molecule has 17 heavy (non-hydrogen) atoms. The Morgan fingerprint density at radius 1 is 1.59 bits per heavy atom. The second kappa shape index (κ2) is 4.80. The van der Waals surface area contributed by atoms with Crippen LogP contribution < -0.4 is 10.6 Å². The number of anilines is 1. The van der Waals surface area contributed by atoms with Crippen molar-refractivity contribution in [2.24, 2.45) is 5.73 Å². The Balaban J connectivity index is 3.41. The minimum atomic E-state index is -1.47. The summed E-state index contributed by atoms with van der Waals surface area (Å²) in [5, 5.41) is 17.6. The van der Waals surface area contributed by atoms with Crippen LogP contribution in [0.15, 0.2) is 12.1 Å². The van der Waals surface area contributed by atoms with Gasteiger partial charge in [-0.25, -0.2) is 4.39 Å². The lowest BCUT2D eigenvalue weighted by molar-refractivity contribution is -0.138. The second-order valence-electron chi connectivity index (χ2n) is 3.69. The van der Waals surface area contributed by atoms with E-state index in [4.69, 9.17) is 16.1 Å². The highest BCUT2D eigenvalue weighted by Gasteiger charge is 2.22. The SMILES string of the molecule is CN(C)c1ccc([C@H](N)C(=O)O)c(F)c1C#N. The summed E-state index contributed by atoms with van der Waals surface area (Å²) in [6.07, 6.45) is 0. The maximum absolute atomic E-state index is 13.9. The Labute approximate surface area is 97.9 Å². The minimum absolute atomic E-state index is 0.195. The van der Waals surface area contributed by atoms with Crippen LogP contribution in [-0.2, 0) is 4.79 Å². The van der Waals surface area contributed by atoms with Crippen molar-refractivity contribution >= 4 is 11.7 Å². The van der Waals surface area contributed by atoms with E-state index in [2.05, 4.69) is 0 Å². The van der Waals surface area contributed by atoms with Crippen molar-refractivity contribution in [2.75, 3.05) is 19.0 Å². The molecule has 1 aromatic carbocycles. The van der Waals surface area contributed by atoms with Crippen molar-refractivity contribution in [1.82, 2.24) is 0 Å². The first-order chi connectivity index (χ1) is 7.90. The Morgan fingerprint density at radius 2 is 2.18 bits per heavy atom. The van der Waals surface area contributed by atoms with Gasteiger partial charge in [0.15, 0.2) is 0 Å². The molecular formula is C11H12FN3O2. The predicted molar refractivity (Wildman–Crippen MR) is 60.0 cm³/mol. The average molecular weight is 237 g/mol. The van der Waals surface area contributed by atoms with Gasteiger partial charge in [0.2, 0.25) is 0 Å². The van der Waals surface area contributed by atoms with Gasteiger partial charge in [-0.3, -0.25) is 4.79 Å². The lowest BCUT2D eigenvalue weighted by Gasteiger charge is -2.17. The van der Waals surface area contributed by atoms with Gasteiger partial charge in [0.1, 0.15) is 23.5 Å². The molecule has 0 radical (unpaired) electrons. The summed E-state index contributed by atoms with van der Waals surface area (Å²) in [7, 11) is 3.32. The molecule has 90 valence electrons. The zero-order valence-electron chi connectivity index (χ0n) is 9.44. The first kappa shape index (κ1) is 12.9. The number of nitriles is 1. The molecule has 0 bridgehead atoms. The first-order valence-corrected chi connectivity index (χ1v) is 4.78. The van der Waals surface area contributed by atoms with Crippen LogP contribution in [0.4, 0.5) is 10.1 Å². The molecule has 0 saturated carbocycles. The molecular weight excluding hydrogens is 225 g/mol. The van der Waals surface area contributed by atoms with Crippen LogP contribution in [0.1, 0.15) is 17.2 Å². The van der Waals surface area contributed by atoms with E-state index in [1.54, 1.807) is 25.1 Å². The van der Waals surface area contributed by atoms with Gasteiger partial charge in [0.25, 0.3) is 0 Å². The summed E-state index contributed by atoms with van der Waals surface area (Å²) < 4.78 is 13.9. The molecule has 5 nitrogen and oxygen atoms in total. The third kappa shape index (κ3) is 2.34. The number of hydrogen-bond acceptors (Lipinski definition) is 4. The average Bonchev–Trinajstić information content (AvgIpc) is 2.27. The Morgan fingerprint density at radius 3 is 2.59 bits per heavy atom. The van der Waals surface area contributed by atoms with Gasteiger partial charge in [0, 0.05) is 19.7 Å². The van der Waals surface area contributed by atoms with Crippen LogP contribution in [0.5, 0.6) is 0 Å². The number of hydrogen-bond donors (Lipinski definition) is 2. The maximum atomic E-state index is 13.9. The molecule has 0 spiro atoms. The quantitative estimate of drug-likeness (QED) is 0.813. The summed E-state index contributed by atoms with van der Waals surface area (Å²) in [5.74, 6) is -2.22. The fourth-order valence-corrected chi connectivity index (χ4v) is 1.43. The molecule has 0 amide bonds. The maximum Gasteiger partial charge on any atom is 0.325 e. The van der Waals surface area contributed by atoms with Crippen LogP contribution in [0.3, 0.4) is 0 Å². The van der Waals surface area contributed by atoms with Crippen molar-refractivity contribution in [1.29, 1.82) is 5.26 Å². The molecule has 1 aromatic rings. The molecule has 0 heterocycles. The largest absolute Gasteiger partial charge is 0.480 e. The normalized spacial score (nSPS) is 11.7. The molecule has 0 aromatic heterocycles. The first-order valence-electron chi connectivity index (χ1n) is 4.78.